The van der Waals surface area contributed by atoms with Gasteiger partial charge < -0.3 is 9.84 Å². The molecule has 156 valence electrons. The van der Waals surface area contributed by atoms with Crippen molar-refractivity contribution < 1.29 is 18.3 Å². The number of hydrogen-bond donors (Lipinski definition) is 1. The summed E-state index contributed by atoms with van der Waals surface area (Å²) in [7, 11) is -3.02. The Hall–Kier alpha value is -1.89. The lowest BCUT2D eigenvalue weighted by atomic mass is 10.1. The third-order valence-electron chi connectivity index (χ3n) is 5.82. The molecule has 0 radical (unpaired) electrons. The van der Waals surface area contributed by atoms with Gasteiger partial charge in [0, 0.05) is 12.6 Å². The summed E-state index contributed by atoms with van der Waals surface area (Å²) in [6.07, 6.45) is 3.82. The lowest BCUT2D eigenvalue weighted by Crippen LogP contribution is -2.31. The molecule has 0 bridgehead atoms. The monoisotopic (exact) mass is 415 g/mol. The Balaban J connectivity index is 1.31. The van der Waals surface area contributed by atoms with Crippen molar-refractivity contribution in [3.05, 3.63) is 65.2 Å². The fourth-order valence-corrected chi connectivity index (χ4v) is 5.69. The molecule has 1 aliphatic carbocycles. The van der Waals surface area contributed by atoms with Crippen molar-refractivity contribution in [1.29, 1.82) is 0 Å². The third-order valence-corrected chi connectivity index (χ3v) is 8.05. The lowest BCUT2D eigenvalue weighted by Gasteiger charge is -2.22. The minimum Gasteiger partial charge on any atom is -0.489 e. The van der Waals surface area contributed by atoms with Gasteiger partial charge in [-0.2, -0.15) is 0 Å². The molecule has 1 saturated carbocycles. The smallest absolute Gasteiger partial charge is 0.157 e. The molecule has 0 amide bonds. The maximum absolute atomic E-state index is 12.2. The van der Waals surface area contributed by atoms with Crippen LogP contribution in [-0.2, 0) is 28.7 Å². The molecule has 6 heteroatoms. The maximum atomic E-state index is 12.2. The van der Waals surface area contributed by atoms with Crippen LogP contribution in [0, 0.1) is 0 Å². The van der Waals surface area contributed by atoms with Gasteiger partial charge in [0.2, 0.25) is 0 Å². The summed E-state index contributed by atoms with van der Waals surface area (Å²) in [6.45, 7) is 2.59. The Labute approximate surface area is 173 Å². The van der Waals surface area contributed by atoms with Crippen LogP contribution in [0.1, 0.15) is 42.4 Å². The first-order valence-electron chi connectivity index (χ1n) is 10.4. The quantitative estimate of drug-likeness (QED) is 0.681. The van der Waals surface area contributed by atoms with Gasteiger partial charge in [0.25, 0.3) is 0 Å². The van der Waals surface area contributed by atoms with Crippen molar-refractivity contribution in [3.63, 3.8) is 0 Å². The van der Waals surface area contributed by atoms with Crippen LogP contribution in [0.25, 0.3) is 0 Å². The van der Waals surface area contributed by atoms with Crippen molar-refractivity contribution in [1.82, 2.24) is 4.90 Å². The highest BCUT2D eigenvalue weighted by Crippen LogP contribution is 2.31. The zero-order valence-electron chi connectivity index (χ0n) is 16.7. The average molecular weight is 416 g/mol. The Bertz CT molecular complexity index is 922. The molecule has 0 spiro atoms. The van der Waals surface area contributed by atoms with Crippen LogP contribution in [0.15, 0.2) is 48.5 Å². The standard InChI is InChI=1S/C23H29NO4S/c25-15-21-4-2-12-24(21)14-18-6-8-19(9-7-18)16-28-22-5-1-3-20(13-22)17-29(26,27)23-10-11-23/h1,3,5-9,13,21,23,25H,2,4,10-12,14-17H2/t21-/m1/s1. The van der Waals surface area contributed by atoms with E-state index < -0.39 is 9.84 Å². The van der Waals surface area contributed by atoms with Crippen molar-refractivity contribution in [2.45, 2.75) is 55.9 Å². The van der Waals surface area contributed by atoms with Crippen LogP contribution in [0.3, 0.4) is 0 Å². The molecule has 1 aliphatic heterocycles. The zero-order chi connectivity index (χ0) is 20.3. The molecule has 4 rings (SSSR count). The van der Waals surface area contributed by atoms with Crippen molar-refractivity contribution in [2.24, 2.45) is 0 Å². The Kier molecular flexibility index (Phi) is 6.23. The molecule has 1 atom stereocenters. The number of likely N-dealkylation sites (tertiary alicyclic amines) is 1. The SMILES string of the molecule is O=S(=O)(Cc1cccc(OCc2ccc(CN3CCC[C@@H]3CO)cc2)c1)C1CC1. The highest BCUT2D eigenvalue weighted by Gasteiger charge is 2.35. The largest absolute Gasteiger partial charge is 0.489 e. The van der Waals surface area contributed by atoms with Gasteiger partial charge in [0.15, 0.2) is 9.84 Å². The van der Waals surface area contributed by atoms with E-state index in [9.17, 15) is 13.5 Å². The molecule has 2 fully saturated rings. The summed E-state index contributed by atoms with van der Waals surface area (Å²) in [5.74, 6) is 0.787. The summed E-state index contributed by atoms with van der Waals surface area (Å²) >= 11 is 0. The van der Waals surface area contributed by atoms with E-state index in [0.717, 1.165) is 49.9 Å². The summed E-state index contributed by atoms with van der Waals surface area (Å²) in [5.41, 5.74) is 3.10. The fourth-order valence-electron chi connectivity index (χ4n) is 3.95. The zero-order valence-corrected chi connectivity index (χ0v) is 17.5. The minimum atomic E-state index is -3.02. The van der Waals surface area contributed by atoms with Crippen LogP contribution in [0.4, 0.5) is 0 Å². The number of aliphatic hydroxyl groups is 1. The van der Waals surface area contributed by atoms with Gasteiger partial charge in [-0.3, -0.25) is 4.90 Å². The van der Waals surface area contributed by atoms with E-state index in [-0.39, 0.29) is 23.7 Å². The van der Waals surface area contributed by atoms with E-state index in [1.54, 1.807) is 0 Å². The Morgan fingerprint density at radius 3 is 2.48 bits per heavy atom. The Morgan fingerprint density at radius 1 is 1.00 bits per heavy atom. The van der Waals surface area contributed by atoms with Crippen LogP contribution in [0.5, 0.6) is 5.75 Å². The molecule has 0 aromatic heterocycles. The molecule has 0 unspecified atom stereocenters. The topological polar surface area (TPSA) is 66.8 Å². The molecule has 29 heavy (non-hydrogen) atoms. The van der Waals surface area contributed by atoms with Gasteiger partial charge in [-0.1, -0.05) is 36.4 Å². The number of benzene rings is 2. The maximum Gasteiger partial charge on any atom is 0.157 e. The number of ether oxygens (including phenoxy) is 1. The number of sulfone groups is 1. The van der Waals surface area contributed by atoms with Crippen molar-refractivity contribution >= 4 is 9.84 Å². The normalized spacial score (nSPS) is 20.1. The molecule has 2 aliphatic rings. The summed E-state index contributed by atoms with van der Waals surface area (Å²) in [6, 6.07) is 16.0. The van der Waals surface area contributed by atoms with E-state index in [2.05, 4.69) is 29.2 Å². The highest BCUT2D eigenvalue weighted by molar-refractivity contribution is 7.91. The fraction of sp³-hybridized carbons (Fsp3) is 0.478. The Morgan fingerprint density at radius 2 is 1.76 bits per heavy atom. The van der Waals surface area contributed by atoms with E-state index in [4.69, 9.17) is 4.74 Å². The lowest BCUT2D eigenvalue weighted by molar-refractivity contribution is 0.153. The molecular formula is C23H29NO4S. The summed E-state index contributed by atoms with van der Waals surface area (Å²) < 4.78 is 30.3. The number of rotatable bonds is 9. The molecular weight excluding hydrogens is 386 g/mol. The average Bonchev–Trinajstić information content (AvgIpc) is 3.49. The third kappa shape index (κ3) is 5.38. The van der Waals surface area contributed by atoms with Crippen LogP contribution < -0.4 is 4.74 Å². The van der Waals surface area contributed by atoms with E-state index >= 15 is 0 Å². The molecule has 2 aromatic rings. The number of nitrogens with zero attached hydrogens (tertiary/aromatic N) is 1. The first-order valence-corrected chi connectivity index (χ1v) is 12.1. The first-order chi connectivity index (χ1) is 14.0. The molecule has 1 heterocycles. The molecule has 2 aromatic carbocycles. The van der Waals surface area contributed by atoms with Crippen molar-refractivity contribution in [3.8, 4) is 5.75 Å². The molecule has 5 nitrogen and oxygen atoms in total. The van der Waals surface area contributed by atoms with E-state index in [1.807, 2.05) is 24.3 Å². The van der Waals surface area contributed by atoms with Gasteiger partial charge in [-0.05, 0) is 61.1 Å². The summed E-state index contributed by atoms with van der Waals surface area (Å²) in [4.78, 5) is 2.34. The molecule has 1 saturated heterocycles. The second-order valence-corrected chi connectivity index (χ2v) is 10.5. The highest BCUT2D eigenvalue weighted by atomic mass is 32.2. The van der Waals surface area contributed by atoms with E-state index in [1.165, 1.54) is 5.56 Å². The van der Waals surface area contributed by atoms with Gasteiger partial charge in [0.05, 0.1) is 17.6 Å². The first kappa shape index (κ1) is 20.4. The number of aliphatic hydroxyl groups excluding tert-OH is 1. The van der Waals surface area contributed by atoms with Gasteiger partial charge in [0.1, 0.15) is 12.4 Å². The van der Waals surface area contributed by atoms with Gasteiger partial charge >= 0.3 is 0 Å². The molecule has 1 N–H and O–H groups in total. The van der Waals surface area contributed by atoms with Crippen LogP contribution >= 0.6 is 0 Å². The minimum absolute atomic E-state index is 0.0922. The second-order valence-electron chi connectivity index (χ2n) is 8.21. The van der Waals surface area contributed by atoms with Crippen LogP contribution in [-0.4, -0.2) is 42.9 Å². The van der Waals surface area contributed by atoms with Gasteiger partial charge in [-0.15, -0.1) is 0 Å². The van der Waals surface area contributed by atoms with E-state index in [0.29, 0.717) is 12.4 Å². The number of hydrogen-bond acceptors (Lipinski definition) is 5. The predicted octanol–water partition coefficient (Wildman–Crippen LogP) is 3.30. The van der Waals surface area contributed by atoms with Crippen LogP contribution in [0.2, 0.25) is 0 Å². The summed E-state index contributed by atoms with van der Waals surface area (Å²) in [5, 5.41) is 9.32. The van der Waals surface area contributed by atoms with Crippen molar-refractivity contribution in [2.75, 3.05) is 13.2 Å². The van der Waals surface area contributed by atoms with Gasteiger partial charge in [-0.25, -0.2) is 8.42 Å². The predicted molar refractivity (Wildman–Crippen MR) is 113 cm³/mol. The second kappa shape index (κ2) is 8.86.